The van der Waals surface area contributed by atoms with Gasteiger partial charge >= 0.3 is 0 Å². The molecule has 4 heterocycles. The Hall–Kier alpha value is -4.67. The number of aliphatic hydroxyl groups excluding tert-OH is 1. The lowest BCUT2D eigenvalue weighted by Gasteiger charge is -2.31. The summed E-state index contributed by atoms with van der Waals surface area (Å²) in [4.78, 5) is 28.4. The molecule has 1 saturated heterocycles. The summed E-state index contributed by atoms with van der Waals surface area (Å²) in [5, 5.41) is 26.9. The lowest BCUT2D eigenvalue weighted by atomic mass is 9.99. The van der Waals surface area contributed by atoms with Crippen molar-refractivity contribution in [1.29, 1.82) is 5.41 Å². The molecule has 1 amide bonds. The minimum atomic E-state index is -0.327. The largest absolute Gasteiger partial charge is 0.392 e. The van der Waals surface area contributed by atoms with Crippen LogP contribution in [0.5, 0.6) is 0 Å². The number of carbonyl (C=O) groups is 1. The average molecular weight is 589 g/mol. The van der Waals surface area contributed by atoms with Gasteiger partial charge < -0.3 is 25.7 Å². The molecule has 2 fully saturated rings. The molecule has 10 heteroatoms. The van der Waals surface area contributed by atoms with E-state index in [1.165, 1.54) is 18.1 Å². The number of fused-ring (bicyclic) bond motifs is 1. The number of nitrogens with one attached hydrogen (secondary N) is 3. The molecule has 1 aliphatic heterocycles. The first kappa shape index (κ1) is 28.1. The fraction of sp³-hybridized carbons (Fsp3) is 0.324. The number of rotatable bonds is 9. The van der Waals surface area contributed by atoms with Crippen molar-refractivity contribution in [2.75, 3.05) is 25.0 Å². The van der Waals surface area contributed by atoms with Crippen molar-refractivity contribution in [2.24, 2.45) is 0 Å². The minimum Gasteiger partial charge on any atom is -0.392 e. The van der Waals surface area contributed by atoms with Crippen LogP contribution in [0.25, 0.3) is 33.5 Å². The van der Waals surface area contributed by atoms with E-state index in [1.807, 2.05) is 36.5 Å². The highest BCUT2D eigenvalue weighted by atomic mass is 16.3. The van der Waals surface area contributed by atoms with Gasteiger partial charge in [-0.15, -0.1) is 0 Å². The summed E-state index contributed by atoms with van der Waals surface area (Å²) in [5.41, 5.74) is 7.14. The zero-order valence-corrected chi connectivity index (χ0v) is 24.8. The van der Waals surface area contributed by atoms with E-state index in [2.05, 4.69) is 43.0 Å². The van der Waals surface area contributed by atoms with Crippen molar-refractivity contribution in [3.8, 4) is 22.5 Å². The smallest absolute Gasteiger partial charge is 0.256 e. The molecular weight excluding hydrogens is 552 g/mol. The Morgan fingerprint density at radius 2 is 1.98 bits per heavy atom. The first-order valence-corrected chi connectivity index (χ1v) is 15.4. The van der Waals surface area contributed by atoms with Gasteiger partial charge in [0.25, 0.3) is 5.91 Å². The summed E-state index contributed by atoms with van der Waals surface area (Å²) < 4.78 is 2.08. The number of hydrogen-bond donors (Lipinski definition) is 4. The molecular formula is C34H36N8O2. The van der Waals surface area contributed by atoms with Gasteiger partial charge in [-0.2, -0.15) is 5.10 Å². The number of piperidine rings is 1. The number of anilines is 1. The van der Waals surface area contributed by atoms with Crippen molar-refractivity contribution in [3.63, 3.8) is 0 Å². The molecule has 1 saturated carbocycles. The highest BCUT2D eigenvalue weighted by molar-refractivity contribution is 6.10. The minimum absolute atomic E-state index is 0.295. The Morgan fingerprint density at radius 3 is 2.73 bits per heavy atom. The fourth-order valence-electron chi connectivity index (χ4n) is 6.35. The summed E-state index contributed by atoms with van der Waals surface area (Å²) in [6.07, 6.45) is 11.2. The molecule has 0 radical (unpaired) electrons. The number of carbonyl (C=O) groups excluding carboxylic acids is 1. The summed E-state index contributed by atoms with van der Waals surface area (Å²) >= 11 is 0. The zero-order chi connectivity index (χ0) is 30.2. The summed E-state index contributed by atoms with van der Waals surface area (Å²) in [6.45, 7) is 5.17. The van der Waals surface area contributed by atoms with Crippen LogP contribution in [0.3, 0.4) is 0 Å². The van der Waals surface area contributed by atoms with Crippen LogP contribution in [0, 0.1) is 5.41 Å². The third-order valence-corrected chi connectivity index (χ3v) is 9.08. The van der Waals surface area contributed by atoms with E-state index >= 15 is 0 Å². The number of hydrogen-bond acceptors (Lipinski definition) is 7. The van der Waals surface area contributed by atoms with Gasteiger partial charge in [0.05, 0.1) is 30.2 Å². The van der Waals surface area contributed by atoms with Gasteiger partial charge in [-0.3, -0.25) is 9.48 Å². The van der Waals surface area contributed by atoms with Crippen LogP contribution in [0.1, 0.15) is 71.6 Å². The lowest BCUT2D eigenvalue weighted by Crippen LogP contribution is -2.34. The van der Waals surface area contributed by atoms with Crippen molar-refractivity contribution in [2.45, 2.75) is 51.2 Å². The number of likely N-dealkylation sites (tertiary alicyclic amines) is 1. The predicted molar refractivity (Wildman–Crippen MR) is 171 cm³/mol. The van der Waals surface area contributed by atoms with Gasteiger partial charge in [0.15, 0.2) is 0 Å². The number of amides is 1. The fourth-order valence-corrected chi connectivity index (χ4v) is 6.35. The van der Waals surface area contributed by atoms with E-state index in [4.69, 9.17) is 10.5 Å². The van der Waals surface area contributed by atoms with Crippen LogP contribution in [0.2, 0.25) is 0 Å². The first-order valence-electron chi connectivity index (χ1n) is 15.4. The van der Waals surface area contributed by atoms with E-state index < -0.39 is 0 Å². The normalized spacial score (nSPS) is 16.0. The molecule has 2 aliphatic rings. The first-order chi connectivity index (χ1) is 21.6. The van der Waals surface area contributed by atoms with E-state index in [-0.39, 0.29) is 12.5 Å². The van der Waals surface area contributed by atoms with Gasteiger partial charge in [0.1, 0.15) is 12.0 Å². The van der Waals surface area contributed by atoms with Crippen molar-refractivity contribution >= 4 is 28.8 Å². The van der Waals surface area contributed by atoms with Gasteiger partial charge in [0.2, 0.25) is 0 Å². The molecule has 3 aromatic heterocycles. The highest BCUT2D eigenvalue weighted by Crippen LogP contribution is 2.40. The van der Waals surface area contributed by atoms with E-state index in [1.54, 1.807) is 12.1 Å². The Morgan fingerprint density at radius 1 is 1.14 bits per heavy atom. The van der Waals surface area contributed by atoms with E-state index in [0.29, 0.717) is 51.2 Å². The van der Waals surface area contributed by atoms with Crippen LogP contribution in [0.4, 0.5) is 5.69 Å². The highest BCUT2D eigenvalue weighted by Gasteiger charge is 2.25. The van der Waals surface area contributed by atoms with Crippen LogP contribution < -0.4 is 5.32 Å². The maximum absolute atomic E-state index is 13.4. The van der Waals surface area contributed by atoms with Crippen LogP contribution >= 0.6 is 0 Å². The average Bonchev–Trinajstić information content (AvgIpc) is 3.63. The molecule has 44 heavy (non-hydrogen) atoms. The van der Waals surface area contributed by atoms with Crippen LogP contribution in [-0.4, -0.2) is 66.5 Å². The van der Waals surface area contributed by atoms with E-state index in [9.17, 15) is 9.90 Å². The maximum Gasteiger partial charge on any atom is 0.256 e. The van der Waals surface area contributed by atoms with Gasteiger partial charge in [0, 0.05) is 64.4 Å². The summed E-state index contributed by atoms with van der Waals surface area (Å²) in [5.74, 6) is 0.203. The lowest BCUT2D eigenvalue weighted by molar-refractivity contribution is 0.102. The Labute approximate surface area is 255 Å². The standard InChI is InChI=1S/C34H36N8O2/c1-2-41-12-10-25(11-13-41)42-18-24(17-38-42)31-15-28-32(36-20-37-33(28)39-31)27-4-3-5-30(29(27)19-43)40-34(44)26-9-8-22(21-6-7-21)14-23(26)16-35/h3-5,8-9,14-18,20-21,25,35,43H,2,6-7,10-13,19H2,1H3,(H,40,44)(H,36,37,39). The van der Waals surface area contributed by atoms with Crippen molar-refractivity contribution in [3.05, 3.63) is 83.4 Å². The molecule has 0 unspecified atom stereocenters. The number of aromatic amines is 1. The van der Waals surface area contributed by atoms with Gasteiger partial charge in [-0.05, 0) is 68.0 Å². The number of aromatic nitrogens is 5. The third kappa shape index (κ3) is 5.31. The molecule has 0 atom stereocenters. The molecule has 1 aliphatic carbocycles. The monoisotopic (exact) mass is 588 g/mol. The summed E-state index contributed by atoms with van der Waals surface area (Å²) in [6, 6.07) is 13.6. The summed E-state index contributed by atoms with van der Waals surface area (Å²) in [7, 11) is 0. The maximum atomic E-state index is 13.4. The molecule has 7 rings (SSSR count). The molecule has 10 nitrogen and oxygen atoms in total. The molecule has 224 valence electrons. The second kappa shape index (κ2) is 11.8. The van der Waals surface area contributed by atoms with Crippen molar-refractivity contribution in [1.82, 2.24) is 29.6 Å². The number of aliphatic hydroxyl groups is 1. The Kier molecular flexibility index (Phi) is 7.53. The SMILES string of the molecule is CCN1CCC(n2cc(-c3cc4c(-c5cccc(NC(=O)c6ccc(C7CC7)cc6C=N)c5CO)ncnc4[nH]3)cn2)CC1. The van der Waals surface area contributed by atoms with Crippen LogP contribution in [-0.2, 0) is 6.61 Å². The predicted octanol–water partition coefficient (Wildman–Crippen LogP) is 5.76. The van der Waals surface area contributed by atoms with Crippen molar-refractivity contribution < 1.29 is 9.90 Å². The topological polar surface area (TPSA) is 136 Å². The Bertz CT molecular complexity index is 1850. The molecule has 2 aromatic carbocycles. The molecule has 0 bridgehead atoms. The zero-order valence-electron chi connectivity index (χ0n) is 24.8. The van der Waals surface area contributed by atoms with Gasteiger partial charge in [-0.1, -0.05) is 25.1 Å². The van der Waals surface area contributed by atoms with Crippen LogP contribution in [0.15, 0.2) is 61.2 Å². The third-order valence-electron chi connectivity index (χ3n) is 9.08. The van der Waals surface area contributed by atoms with Gasteiger partial charge in [-0.25, -0.2) is 9.97 Å². The quantitative estimate of drug-likeness (QED) is 0.162. The number of H-pyrrole nitrogens is 1. The molecule has 0 spiro atoms. The Balaban J connectivity index is 1.18. The van der Waals surface area contributed by atoms with E-state index in [0.717, 1.165) is 62.0 Å². The number of nitrogens with zero attached hydrogens (tertiary/aromatic N) is 5. The molecule has 4 N–H and O–H groups in total. The number of benzene rings is 2. The second-order valence-corrected chi connectivity index (χ2v) is 11.8. The molecule has 5 aromatic rings. The second-order valence-electron chi connectivity index (χ2n) is 11.8.